The van der Waals surface area contributed by atoms with Crippen molar-refractivity contribution in [3.05, 3.63) is 29.8 Å². The van der Waals surface area contributed by atoms with Crippen LogP contribution in [0, 0.1) is 0 Å². The van der Waals surface area contributed by atoms with Crippen LogP contribution in [-0.2, 0) is 9.59 Å². The summed E-state index contributed by atoms with van der Waals surface area (Å²) in [4.78, 5) is 36.7. The third-order valence-electron chi connectivity index (χ3n) is 3.05. The molecule has 0 bridgehead atoms. The third kappa shape index (κ3) is 2.32. The van der Waals surface area contributed by atoms with E-state index >= 15 is 0 Å². The molecule has 0 atom stereocenters. The van der Waals surface area contributed by atoms with Gasteiger partial charge in [-0.1, -0.05) is 12.1 Å². The summed E-state index contributed by atoms with van der Waals surface area (Å²) in [7, 11) is 0. The molecule has 1 fully saturated rings. The van der Waals surface area contributed by atoms with E-state index in [9.17, 15) is 14.4 Å². The zero-order chi connectivity index (χ0) is 13.1. The van der Waals surface area contributed by atoms with Crippen LogP contribution in [0.4, 0.5) is 5.69 Å². The first-order chi connectivity index (χ1) is 8.61. The number of hydrogen-bond donors (Lipinski definition) is 0. The number of anilines is 1. The lowest BCUT2D eigenvalue weighted by molar-refractivity contribution is -0.125. The largest absolute Gasteiger partial charge is 0.294 e. The molecule has 0 radical (unpaired) electrons. The van der Waals surface area contributed by atoms with Gasteiger partial charge in [0.15, 0.2) is 5.78 Å². The van der Waals surface area contributed by atoms with Gasteiger partial charge in [0.2, 0.25) is 11.8 Å². The molecule has 0 aliphatic carbocycles. The predicted octanol–water partition coefficient (Wildman–Crippen LogP) is 2.32. The SMILES string of the molecule is CC(=O)c1ccccc1N1C(=O)CCCCC1=O. The van der Waals surface area contributed by atoms with Crippen molar-refractivity contribution in [3.63, 3.8) is 0 Å². The minimum Gasteiger partial charge on any atom is -0.294 e. The van der Waals surface area contributed by atoms with E-state index < -0.39 is 0 Å². The zero-order valence-electron chi connectivity index (χ0n) is 10.3. The Morgan fingerprint density at radius 2 is 1.61 bits per heavy atom. The molecule has 1 saturated heterocycles. The first-order valence-corrected chi connectivity index (χ1v) is 6.07. The number of hydrogen-bond acceptors (Lipinski definition) is 3. The maximum Gasteiger partial charge on any atom is 0.233 e. The first kappa shape index (κ1) is 12.5. The molecule has 1 aliphatic heterocycles. The van der Waals surface area contributed by atoms with Gasteiger partial charge in [-0.15, -0.1) is 0 Å². The number of carbonyl (C=O) groups excluding carboxylic acids is 3. The quantitative estimate of drug-likeness (QED) is 0.593. The first-order valence-electron chi connectivity index (χ1n) is 6.07. The Hall–Kier alpha value is -1.97. The second kappa shape index (κ2) is 5.12. The van der Waals surface area contributed by atoms with Gasteiger partial charge in [-0.2, -0.15) is 0 Å². The molecule has 4 heteroatoms. The topological polar surface area (TPSA) is 54.5 Å². The third-order valence-corrected chi connectivity index (χ3v) is 3.05. The Kier molecular flexibility index (Phi) is 3.55. The van der Waals surface area contributed by atoms with Crippen LogP contribution >= 0.6 is 0 Å². The minimum absolute atomic E-state index is 0.143. The van der Waals surface area contributed by atoms with E-state index in [1.807, 2.05) is 0 Å². The van der Waals surface area contributed by atoms with Gasteiger partial charge in [-0.3, -0.25) is 14.4 Å². The molecule has 0 aromatic heterocycles. The number of nitrogens with zero attached hydrogens (tertiary/aromatic N) is 1. The number of amides is 2. The average Bonchev–Trinajstić information content (AvgIpc) is 2.50. The molecule has 0 unspecified atom stereocenters. The summed E-state index contributed by atoms with van der Waals surface area (Å²) in [6.45, 7) is 1.44. The van der Waals surface area contributed by atoms with Crippen LogP contribution in [0.15, 0.2) is 24.3 Å². The van der Waals surface area contributed by atoms with Crippen molar-refractivity contribution < 1.29 is 14.4 Å². The highest BCUT2D eigenvalue weighted by Crippen LogP contribution is 2.25. The van der Waals surface area contributed by atoms with Crippen molar-refractivity contribution in [2.75, 3.05) is 4.90 Å². The summed E-state index contributed by atoms with van der Waals surface area (Å²) in [5, 5.41) is 0. The van der Waals surface area contributed by atoms with Crippen LogP contribution in [0.1, 0.15) is 43.0 Å². The number of ketones is 1. The molecule has 2 amide bonds. The van der Waals surface area contributed by atoms with E-state index in [0.717, 1.165) is 12.8 Å². The summed E-state index contributed by atoms with van der Waals surface area (Å²) < 4.78 is 0. The van der Waals surface area contributed by atoms with Gasteiger partial charge in [-0.05, 0) is 31.9 Å². The molecule has 94 valence electrons. The van der Waals surface area contributed by atoms with Crippen molar-refractivity contribution in [2.45, 2.75) is 32.6 Å². The van der Waals surface area contributed by atoms with Crippen LogP contribution in [0.5, 0.6) is 0 Å². The van der Waals surface area contributed by atoms with Crippen molar-refractivity contribution in [2.24, 2.45) is 0 Å². The summed E-state index contributed by atoms with van der Waals surface area (Å²) in [6, 6.07) is 6.75. The van der Waals surface area contributed by atoms with E-state index in [2.05, 4.69) is 0 Å². The van der Waals surface area contributed by atoms with Crippen molar-refractivity contribution in [3.8, 4) is 0 Å². The fourth-order valence-corrected chi connectivity index (χ4v) is 2.15. The molecular formula is C14H15NO3. The highest BCUT2D eigenvalue weighted by atomic mass is 16.2. The summed E-state index contributed by atoms with van der Waals surface area (Å²) in [6.07, 6.45) is 2.17. The predicted molar refractivity (Wildman–Crippen MR) is 67.4 cm³/mol. The van der Waals surface area contributed by atoms with Gasteiger partial charge < -0.3 is 0 Å². The number of Topliss-reactive ketones (excluding diaryl/α,β-unsaturated/α-hetero) is 1. The van der Waals surface area contributed by atoms with Gasteiger partial charge in [0.1, 0.15) is 0 Å². The molecule has 4 nitrogen and oxygen atoms in total. The Labute approximate surface area is 106 Å². The number of para-hydroxylation sites is 1. The highest BCUT2D eigenvalue weighted by molar-refractivity contribution is 6.18. The lowest BCUT2D eigenvalue weighted by Crippen LogP contribution is -2.36. The van der Waals surface area contributed by atoms with Crippen molar-refractivity contribution in [1.82, 2.24) is 0 Å². The molecule has 1 aromatic carbocycles. The standard InChI is InChI=1S/C14H15NO3/c1-10(16)11-6-2-3-7-12(11)15-13(17)8-4-5-9-14(15)18/h2-3,6-7H,4-5,8-9H2,1H3. The van der Waals surface area contributed by atoms with E-state index in [4.69, 9.17) is 0 Å². The number of imide groups is 1. The molecule has 18 heavy (non-hydrogen) atoms. The van der Waals surface area contributed by atoms with Crippen LogP contribution in [0.3, 0.4) is 0 Å². The molecular weight excluding hydrogens is 230 g/mol. The second-order valence-electron chi connectivity index (χ2n) is 4.40. The Bertz CT molecular complexity index is 490. The smallest absolute Gasteiger partial charge is 0.233 e. The molecule has 1 aliphatic rings. The van der Waals surface area contributed by atoms with E-state index in [1.165, 1.54) is 11.8 Å². The molecule has 2 rings (SSSR count). The molecule has 0 saturated carbocycles. The van der Waals surface area contributed by atoms with Gasteiger partial charge in [0, 0.05) is 18.4 Å². The summed E-state index contributed by atoms with van der Waals surface area (Å²) in [5.74, 6) is -0.576. The lowest BCUT2D eigenvalue weighted by Gasteiger charge is -2.20. The molecule has 1 aromatic rings. The van der Waals surface area contributed by atoms with E-state index in [0.29, 0.717) is 24.1 Å². The van der Waals surface area contributed by atoms with Gasteiger partial charge in [0.05, 0.1) is 5.69 Å². The van der Waals surface area contributed by atoms with Crippen LogP contribution in [-0.4, -0.2) is 17.6 Å². The van der Waals surface area contributed by atoms with Crippen LogP contribution < -0.4 is 4.90 Å². The normalized spacial score (nSPS) is 16.6. The molecule has 0 N–H and O–H groups in total. The van der Waals surface area contributed by atoms with Gasteiger partial charge >= 0.3 is 0 Å². The fourth-order valence-electron chi connectivity index (χ4n) is 2.15. The Morgan fingerprint density at radius 1 is 1.06 bits per heavy atom. The van der Waals surface area contributed by atoms with E-state index in [-0.39, 0.29) is 17.6 Å². The van der Waals surface area contributed by atoms with Gasteiger partial charge in [0.25, 0.3) is 0 Å². The number of rotatable bonds is 2. The van der Waals surface area contributed by atoms with Crippen molar-refractivity contribution >= 4 is 23.3 Å². The fraction of sp³-hybridized carbons (Fsp3) is 0.357. The van der Waals surface area contributed by atoms with Gasteiger partial charge in [-0.25, -0.2) is 4.90 Å². The van der Waals surface area contributed by atoms with Crippen molar-refractivity contribution in [1.29, 1.82) is 0 Å². The maximum atomic E-state index is 12.0. The Morgan fingerprint density at radius 3 is 2.17 bits per heavy atom. The van der Waals surface area contributed by atoms with E-state index in [1.54, 1.807) is 24.3 Å². The zero-order valence-corrected chi connectivity index (χ0v) is 10.3. The molecule has 0 spiro atoms. The minimum atomic E-state index is -0.216. The summed E-state index contributed by atoms with van der Waals surface area (Å²) in [5.41, 5.74) is 0.836. The lowest BCUT2D eigenvalue weighted by atomic mass is 10.1. The highest BCUT2D eigenvalue weighted by Gasteiger charge is 2.27. The number of carbonyl (C=O) groups is 3. The monoisotopic (exact) mass is 245 g/mol. The molecule has 1 heterocycles. The Balaban J connectivity index is 2.48. The average molecular weight is 245 g/mol. The summed E-state index contributed by atoms with van der Waals surface area (Å²) >= 11 is 0. The van der Waals surface area contributed by atoms with Crippen LogP contribution in [0.2, 0.25) is 0 Å². The van der Waals surface area contributed by atoms with Crippen LogP contribution in [0.25, 0.3) is 0 Å². The number of benzene rings is 1. The second-order valence-corrected chi connectivity index (χ2v) is 4.40. The maximum absolute atomic E-state index is 12.0.